The van der Waals surface area contributed by atoms with E-state index < -0.39 is 10.0 Å². The summed E-state index contributed by atoms with van der Waals surface area (Å²) in [7, 11) is -3.51. The minimum atomic E-state index is -3.51. The molecule has 24 heavy (non-hydrogen) atoms. The lowest BCUT2D eigenvalue weighted by Gasteiger charge is -2.15. The van der Waals surface area contributed by atoms with Gasteiger partial charge in [0.2, 0.25) is 10.0 Å². The normalized spacial score (nSPS) is 12.9. The number of aliphatic imine (C=N–C) groups is 1. The van der Waals surface area contributed by atoms with Crippen molar-refractivity contribution in [2.24, 2.45) is 10.1 Å². The minimum absolute atomic E-state index is 0. The first-order valence-electron chi connectivity index (χ1n) is 7.25. The highest BCUT2D eigenvalue weighted by Gasteiger charge is 2.06. The van der Waals surface area contributed by atoms with E-state index >= 15 is 0 Å². The fourth-order valence-corrected chi connectivity index (χ4v) is 2.04. The molecule has 0 aromatic heterocycles. The third-order valence-corrected chi connectivity index (χ3v) is 3.45. The van der Waals surface area contributed by atoms with Crippen molar-refractivity contribution in [2.45, 2.75) is 20.0 Å². The Bertz CT molecular complexity index is 611. The molecule has 0 aliphatic heterocycles. The van der Waals surface area contributed by atoms with E-state index in [4.69, 9.17) is 9.88 Å². The quantitative estimate of drug-likeness (QED) is 0.297. The maximum atomic E-state index is 12.8. The van der Waals surface area contributed by atoms with Crippen molar-refractivity contribution in [1.29, 1.82) is 0 Å². The smallest absolute Gasteiger partial charge is 0.210 e. The number of benzene rings is 1. The first kappa shape index (κ1) is 22.9. The highest BCUT2D eigenvalue weighted by Crippen LogP contribution is 2.12. The SMILES string of the molecule is CCNC(=NCC(C)Oc1ccc(F)cc1)NCCS(N)(=O)=O.I. The molecule has 1 atom stereocenters. The van der Waals surface area contributed by atoms with E-state index in [0.29, 0.717) is 24.8 Å². The van der Waals surface area contributed by atoms with Gasteiger partial charge in [-0.15, -0.1) is 24.0 Å². The summed E-state index contributed by atoms with van der Waals surface area (Å²) < 4.78 is 40.2. The van der Waals surface area contributed by atoms with Gasteiger partial charge >= 0.3 is 0 Å². The molecule has 1 unspecified atom stereocenters. The lowest BCUT2D eigenvalue weighted by atomic mass is 10.3. The van der Waals surface area contributed by atoms with Gasteiger partial charge in [0.15, 0.2) is 5.96 Å². The van der Waals surface area contributed by atoms with Crippen molar-refractivity contribution >= 4 is 40.0 Å². The van der Waals surface area contributed by atoms with Crippen molar-refractivity contribution < 1.29 is 17.5 Å². The molecule has 0 saturated carbocycles. The van der Waals surface area contributed by atoms with Crippen LogP contribution in [0.1, 0.15) is 13.8 Å². The molecule has 0 heterocycles. The number of hydrogen-bond acceptors (Lipinski definition) is 4. The largest absolute Gasteiger partial charge is 0.489 e. The Hall–Kier alpha value is -1.14. The summed E-state index contributed by atoms with van der Waals surface area (Å²) in [6.07, 6.45) is -0.228. The number of nitrogens with one attached hydrogen (secondary N) is 2. The standard InChI is InChI=1S/C14H23FN4O3S.HI/c1-3-17-14(18-8-9-23(16,20)21)19-10-11(2)22-13-6-4-12(15)5-7-13;/h4-7,11H,3,8-10H2,1-2H3,(H2,16,20,21)(H2,17,18,19);1H. The molecule has 1 rings (SSSR count). The molecule has 0 amide bonds. The van der Waals surface area contributed by atoms with E-state index in [9.17, 15) is 12.8 Å². The number of nitrogens with zero attached hydrogens (tertiary/aromatic N) is 1. The van der Waals surface area contributed by atoms with Crippen molar-refractivity contribution in [2.75, 3.05) is 25.4 Å². The van der Waals surface area contributed by atoms with E-state index in [1.807, 2.05) is 13.8 Å². The van der Waals surface area contributed by atoms with Gasteiger partial charge in [0, 0.05) is 13.1 Å². The summed E-state index contributed by atoms with van der Waals surface area (Å²) in [6.45, 7) is 4.88. The zero-order chi connectivity index (χ0) is 17.3. The average Bonchev–Trinajstić information content (AvgIpc) is 2.46. The van der Waals surface area contributed by atoms with Gasteiger partial charge in [0.05, 0.1) is 12.3 Å². The topological polar surface area (TPSA) is 106 Å². The molecule has 0 aliphatic carbocycles. The number of ether oxygens (including phenoxy) is 1. The molecule has 138 valence electrons. The van der Waals surface area contributed by atoms with Crippen molar-refractivity contribution in [3.05, 3.63) is 30.1 Å². The average molecular weight is 474 g/mol. The Morgan fingerprint density at radius 3 is 2.50 bits per heavy atom. The Morgan fingerprint density at radius 1 is 1.33 bits per heavy atom. The maximum absolute atomic E-state index is 12.8. The molecule has 0 aliphatic rings. The molecular weight excluding hydrogens is 450 g/mol. The zero-order valence-corrected chi connectivity index (χ0v) is 16.8. The molecular formula is C14H24FIN4O3S. The van der Waals surface area contributed by atoms with Gasteiger partial charge in [-0.2, -0.15) is 0 Å². The fraction of sp³-hybridized carbons (Fsp3) is 0.500. The van der Waals surface area contributed by atoms with Crippen LogP contribution in [0.3, 0.4) is 0 Å². The van der Waals surface area contributed by atoms with Gasteiger partial charge in [-0.25, -0.2) is 22.9 Å². The van der Waals surface area contributed by atoms with Crippen molar-refractivity contribution in [3.8, 4) is 5.75 Å². The van der Waals surface area contributed by atoms with Crippen LogP contribution in [-0.2, 0) is 10.0 Å². The summed E-state index contributed by atoms with van der Waals surface area (Å²) in [5.74, 6) is 0.530. The van der Waals surface area contributed by atoms with E-state index in [0.717, 1.165) is 0 Å². The number of rotatable bonds is 8. The predicted octanol–water partition coefficient (Wildman–Crippen LogP) is 1.05. The molecule has 7 nitrogen and oxygen atoms in total. The Morgan fingerprint density at radius 2 is 1.96 bits per heavy atom. The summed E-state index contributed by atoms with van der Waals surface area (Å²) in [5, 5.41) is 10.8. The van der Waals surface area contributed by atoms with E-state index in [1.165, 1.54) is 12.1 Å². The van der Waals surface area contributed by atoms with Gasteiger partial charge in [-0.1, -0.05) is 0 Å². The third-order valence-electron chi connectivity index (χ3n) is 2.68. The number of hydrogen-bond donors (Lipinski definition) is 3. The minimum Gasteiger partial charge on any atom is -0.489 e. The van der Waals surface area contributed by atoms with Crippen LogP contribution in [0.2, 0.25) is 0 Å². The molecule has 0 radical (unpaired) electrons. The molecule has 0 saturated heterocycles. The first-order valence-corrected chi connectivity index (χ1v) is 8.96. The molecule has 0 bridgehead atoms. The first-order chi connectivity index (χ1) is 10.8. The van der Waals surface area contributed by atoms with E-state index in [-0.39, 0.29) is 48.2 Å². The molecule has 4 N–H and O–H groups in total. The molecule has 1 aromatic rings. The van der Waals surface area contributed by atoms with Crippen LogP contribution in [0.15, 0.2) is 29.3 Å². The van der Waals surface area contributed by atoms with Gasteiger partial charge < -0.3 is 15.4 Å². The summed E-state index contributed by atoms with van der Waals surface area (Å²) in [4.78, 5) is 4.31. The van der Waals surface area contributed by atoms with Crippen molar-refractivity contribution in [1.82, 2.24) is 10.6 Å². The van der Waals surface area contributed by atoms with Crippen LogP contribution in [0.5, 0.6) is 5.75 Å². The van der Waals surface area contributed by atoms with Crippen LogP contribution in [-0.4, -0.2) is 45.9 Å². The highest BCUT2D eigenvalue weighted by molar-refractivity contribution is 14.0. The second-order valence-corrected chi connectivity index (χ2v) is 6.63. The molecule has 0 fully saturated rings. The summed E-state index contributed by atoms with van der Waals surface area (Å²) >= 11 is 0. The van der Waals surface area contributed by atoms with Gasteiger partial charge in [-0.3, -0.25) is 0 Å². The molecule has 1 aromatic carbocycles. The van der Waals surface area contributed by atoms with Crippen LogP contribution >= 0.6 is 24.0 Å². The van der Waals surface area contributed by atoms with Crippen LogP contribution < -0.4 is 20.5 Å². The van der Waals surface area contributed by atoms with Gasteiger partial charge in [-0.05, 0) is 38.1 Å². The highest BCUT2D eigenvalue weighted by atomic mass is 127. The lowest BCUT2D eigenvalue weighted by molar-refractivity contribution is 0.230. The number of guanidine groups is 1. The Labute approximate surface area is 159 Å². The number of sulfonamides is 1. The monoisotopic (exact) mass is 474 g/mol. The van der Waals surface area contributed by atoms with E-state index in [2.05, 4.69) is 15.6 Å². The van der Waals surface area contributed by atoms with Crippen LogP contribution in [0.25, 0.3) is 0 Å². The number of primary sulfonamides is 1. The molecule has 0 spiro atoms. The predicted molar refractivity (Wildman–Crippen MR) is 104 cm³/mol. The van der Waals surface area contributed by atoms with Gasteiger partial charge in [0.1, 0.15) is 17.7 Å². The zero-order valence-electron chi connectivity index (χ0n) is 13.7. The Balaban J connectivity index is 0.00000529. The summed E-state index contributed by atoms with van der Waals surface area (Å²) in [5.41, 5.74) is 0. The van der Waals surface area contributed by atoms with Crippen LogP contribution in [0, 0.1) is 5.82 Å². The maximum Gasteiger partial charge on any atom is 0.210 e. The third kappa shape index (κ3) is 10.6. The van der Waals surface area contributed by atoms with Crippen LogP contribution in [0.4, 0.5) is 4.39 Å². The lowest BCUT2D eigenvalue weighted by Crippen LogP contribution is -2.40. The second-order valence-electron chi connectivity index (χ2n) is 4.90. The van der Waals surface area contributed by atoms with Crippen molar-refractivity contribution in [3.63, 3.8) is 0 Å². The number of halogens is 2. The number of nitrogens with two attached hydrogens (primary N) is 1. The second kappa shape index (κ2) is 11.4. The Kier molecular flexibility index (Phi) is 10.9. The molecule has 10 heteroatoms. The fourth-order valence-electron chi connectivity index (χ4n) is 1.66. The van der Waals surface area contributed by atoms with E-state index in [1.54, 1.807) is 12.1 Å². The van der Waals surface area contributed by atoms with Gasteiger partial charge in [0.25, 0.3) is 0 Å². The summed E-state index contributed by atoms with van der Waals surface area (Å²) in [6, 6.07) is 5.74.